The molecule has 7 nitrogen and oxygen atoms in total. The summed E-state index contributed by atoms with van der Waals surface area (Å²) in [7, 11) is -3.03. The maximum absolute atomic E-state index is 11.8. The lowest BCUT2D eigenvalue weighted by atomic mass is 10.2. The van der Waals surface area contributed by atoms with Gasteiger partial charge in [0.15, 0.2) is 0 Å². The van der Waals surface area contributed by atoms with Gasteiger partial charge in [-0.3, -0.25) is 10.1 Å². The molecule has 0 aliphatic heterocycles. The lowest BCUT2D eigenvalue weighted by Crippen LogP contribution is -2.05. The Morgan fingerprint density at radius 1 is 1.61 bits per heavy atom. The zero-order valence-electron chi connectivity index (χ0n) is 9.20. The second kappa shape index (κ2) is 5.32. The Morgan fingerprint density at radius 3 is 2.72 bits per heavy atom. The van der Waals surface area contributed by atoms with Crippen LogP contribution in [-0.2, 0) is 15.5 Å². The number of hydrogen-bond donors (Lipinski definition) is 1. The molecule has 1 atom stereocenters. The third-order valence-electron chi connectivity index (χ3n) is 1.93. The fraction of sp³-hybridized carbons (Fsp3) is 0.222. The summed E-state index contributed by atoms with van der Waals surface area (Å²) in [6, 6.07) is 3.66. The minimum atomic E-state index is -3.03. The Labute approximate surface area is 108 Å². The summed E-state index contributed by atoms with van der Waals surface area (Å²) in [4.78, 5) is 20.3. The largest absolute Gasteiger partial charge is 0.463 e. The van der Waals surface area contributed by atoms with Gasteiger partial charge in [0, 0.05) is 23.4 Å². The fourth-order valence-corrected chi connectivity index (χ4v) is 2.75. The van der Waals surface area contributed by atoms with Crippen molar-refractivity contribution in [1.82, 2.24) is 0 Å². The topological polar surface area (TPSA) is 110 Å². The van der Waals surface area contributed by atoms with E-state index < -0.39 is 20.7 Å². The third-order valence-corrected chi connectivity index (χ3v) is 3.69. The molecular weight excluding hydrogens is 284 g/mol. The van der Waals surface area contributed by atoms with Crippen molar-refractivity contribution in [3.05, 3.63) is 38.9 Å². The van der Waals surface area contributed by atoms with Crippen LogP contribution in [0.5, 0.6) is 0 Å². The molecule has 0 aliphatic rings. The Hall–Kier alpha value is -1.67. The van der Waals surface area contributed by atoms with Gasteiger partial charge in [0.05, 0.1) is 20.4 Å². The van der Waals surface area contributed by atoms with Crippen LogP contribution in [0.2, 0.25) is 5.02 Å². The first kappa shape index (κ1) is 14.4. The monoisotopic (exact) mass is 292 g/mol. The maximum Gasteiger partial charge on any atom is 0.439 e. The quantitative estimate of drug-likeness (QED) is 0.680. The first-order chi connectivity index (χ1) is 8.21. The van der Waals surface area contributed by atoms with E-state index in [0.717, 1.165) is 12.3 Å². The van der Waals surface area contributed by atoms with Gasteiger partial charge in [0.1, 0.15) is 0 Å². The lowest BCUT2D eigenvalue weighted by Gasteiger charge is -2.05. The van der Waals surface area contributed by atoms with E-state index in [2.05, 4.69) is 4.36 Å². The Bertz CT molecular complexity index is 621. The predicted molar refractivity (Wildman–Crippen MR) is 66.3 cm³/mol. The van der Waals surface area contributed by atoms with Crippen LogP contribution in [0.25, 0.3) is 0 Å². The lowest BCUT2D eigenvalue weighted by molar-refractivity contribution is -0.384. The Balaban J connectivity index is 3.19. The highest BCUT2D eigenvalue weighted by Gasteiger charge is 2.14. The van der Waals surface area contributed by atoms with Crippen molar-refractivity contribution in [2.45, 2.75) is 5.75 Å². The van der Waals surface area contributed by atoms with Crippen LogP contribution >= 0.6 is 11.6 Å². The van der Waals surface area contributed by atoms with Gasteiger partial charge >= 0.3 is 6.09 Å². The number of nitro groups is 1. The first-order valence-electron chi connectivity index (χ1n) is 4.57. The molecule has 18 heavy (non-hydrogen) atoms. The number of benzene rings is 1. The van der Waals surface area contributed by atoms with E-state index >= 15 is 0 Å². The summed E-state index contributed by atoms with van der Waals surface area (Å²) in [5, 5.41) is 19.2. The molecule has 0 fully saturated rings. The summed E-state index contributed by atoms with van der Waals surface area (Å²) in [6.45, 7) is 0. The molecule has 0 aromatic heterocycles. The predicted octanol–water partition coefficient (Wildman–Crippen LogP) is 2.52. The van der Waals surface area contributed by atoms with Gasteiger partial charge in [-0.2, -0.15) is 0 Å². The molecular formula is C9H9ClN2O5S. The molecule has 0 bridgehead atoms. The van der Waals surface area contributed by atoms with Crippen molar-refractivity contribution in [2.75, 3.05) is 6.26 Å². The van der Waals surface area contributed by atoms with E-state index in [0.29, 0.717) is 0 Å². The summed E-state index contributed by atoms with van der Waals surface area (Å²) in [6.07, 6.45) is -0.403. The molecule has 0 radical (unpaired) electrons. The molecule has 98 valence electrons. The van der Waals surface area contributed by atoms with Crippen molar-refractivity contribution in [2.24, 2.45) is 4.36 Å². The van der Waals surface area contributed by atoms with E-state index in [1.807, 2.05) is 0 Å². The van der Waals surface area contributed by atoms with Crippen molar-refractivity contribution in [1.29, 1.82) is 0 Å². The van der Waals surface area contributed by atoms with Gasteiger partial charge in [0.2, 0.25) is 0 Å². The number of rotatable bonds is 3. The fourth-order valence-electron chi connectivity index (χ4n) is 1.27. The average molecular weight is 293 g/mol. The van der Waals surface area contributed by atoms with Crippen molar-refractivity contribution in [3.8, 4) is 0 Å². The zero-order chi connectivity index (χ0) is 13.9. The number of halogens is 1. The second-order valence-corrected chi connectivity index (χ2v) is 6.31. The van der Waals surface area contributed by atoms with Crippen LogP contribution in [-0.4, -0.2) is 26.6 Å². The number of hydrogen-bond acceptors (Lipinski definition) is 4. The van der Waals surface area contributed by atoms with E-state index in [9.17, 15) is 19.1 Å². The second-order valence-electron chi connectivity index (χ2n) is 3.51. The number of non-ortho nitro benzene ring substituents is 1. The van der Waals surface area contributed by atoms with Crippen LogP contribution in [0.15, 0.2) is 22.6 Å². The van der Waals surface area contributed by atoms with Gasteiger partial charge in [-0.05, 0) is 11.6 Å². The minimum Gasteiger partial charge on any atom is -0.463 e. The molecule has 1 rings (SSSR count). The summed E-state index contributed by atoms with van der Waals surface area (Å²) in [5.74, 6) is -0.264. The van der Waals surface area contributed by atoms with Gasteiger partial charge in [-0.15, -0.1) is 4.36 Å². The Morgan fingerprint density at radius 2 is 2.22 bits per heavy atom. The van der Waals surface area contributed by atoms with Crippen molar-refractivity contribution < 1.29 is 19.0 Å². The summed E-state index contributed by atoms with van der Waals surface area (Å²) >= 11 is 5.81. The summed E-state index contributed by atoms with van der Waals surface area (Å²) < 4.78 is 14.9. The normalized spacial score (nSPS) is 13.7. The van der Waals surface area contributed by atoms with E-state index in [1.54, 1.807) is 0 Å². The molecule has 0 saturated heterocycles. The molecule has 0 saturated carbocycles. The molecule has 0 aliphatic carbocycles. The maximum atomic E-state index is 11.8. The molecule has 1 amide bonds. The number of carbonyl (C=O) groups is 1. The molecule has 1 unspecified atom stereocenters. The first-order valence-corrected chi connectivity index (χ1v) is 7.04. The molecule has 1 aromatic carbocycles. The van der Waals surface area contributed by atoms with Crippen LogP contribution in [0.4, 0.5) is 10.5 Å². The van der Waals surface area contributed by atoms with Crippen molar-refractivity contribution >= 4 is 33.1 Å². The van der Waals surface area contributed by atoms with Crippen LogP contribution in [0, 0.1) is 10.1 Å². The number of carboxylic acid groups (broad SMARTS) is 1. The van der Waals surface area contributed by atoms with Crippen LogP contribution < -0.4 is 0 Å². The molecule has 1 aromatic rings. The third kappa shape index (κ3) is 3.97. The molecule has 9 heteroatoms. The van der Waals surface area contributed by atoms with Crippen LogP contribution in [0.1, 0.15) is 5.56 Å². The standard InChI is InChI=1S/C9H9ClN2O5S/c1-18(17,11-9(13)14)5-6-4-7(12(15)16)2-3-8(6)10/h2-4H,5H2,1H3,(H,13,14). The van der Waals surface area contributed by atoms with Gasteiger partial charge in [-0.25, -0.2) is 9.00 Å². The molecule has 0 heterocycles. The molecule has 1 N–H and O–H groups in total. The summed E-state index contributed by atoms with van der Waals surface area (Å²) in [5.41, 5.74) is 0.0169. The average Bonchev–Trinajstić information content (AvgIpc) is 2.18. The van der Waals surface area contributed by atoms with Crippen LogP contribution in [0.3, 0.4) is 0 Å². The number of amides is 1. The highest BCUT2D eigenvalue weighted by Crippen LogP contribution is 2.24. The highest BCUT2D eigenvalue weighted by molar-refractivity contribution is 7.92. The van der Waals surface area contributed by atoms with E-state index in [4.69, 9.17) is 16.7 Å². The SMILES string of the molecule is CS(=O)(Cc1cc([N+](=O)[O-])ccc1Cl)=NC(=O)O. The van der Waals surface area contributed by atoms with Gasteiger partial charge < -0.3 is 5.11 Å². The van der Waals surface area contributed by atoms with Gasteiger partial charge in [0.25, 0.3) is 5.69 Å². The van der Waals surface area contributed by atoms with Gasteiger partial charge in [-0.1, -0.05) is 11.6 Å². The minimum absolute atomic E-state index is 0.177. The smallest absolute Gasteiger partial charge is 0.439 e. The molecule has 0 spiro atoms. The number of nitrogens with zero attached hydrogens (tertiary/aromatic N) is 2. The number of nitro benzene ring substituents is 1. The van der Waals surface area contributed by atoms with E-state index in [1.165, 1.54) is 12.1 Å². The van der Waals surface area contributed by atoms with E-state index in [-0.39, 0.29) is 22.0 Å². The Kier molecular flexibility index (Phi) is 4.25. The van der Waals surface area contributed by atoms with Crippen molar-refractivity contribution in [3.63, 3.8) is 0 Å². The highest BCUT2D eigenvalue weighted by atomic mass is 35.5. The zero-order valence-corrected chi connectivity index (χ0v) is 10.8.